The van der Waals surface area contributed by atoms with Gasteiger partial charge in [0.1, 0.15) is 0 Å². The monoisotopic (exact) mass is 188 g/mol. The van der Waals surface area contributed by atoms with Gasteiger partial charge in [0.15, 0.2) is 0 Å². The minimum atomic E-state index is 0.170. The normalized spacial score (nSPS) is 10.6. The van der Waals surface area contributed by atoms with E-state index in [9.17, 15) is 0 Å². The zero-order chi connectivity index (χ0) is 10.1. The van der Waals surface area contributed by atoms with Crippen molar-refractivity contribution >= 4 is 11.4 Å². The van der Waals surface area contributed by atoms with Crippen molar-refractivity contribution in [2.45, 2.75) is 13.3 Å². The molecule has 0 fully saturated rings. The first-order chi connectivity index (χ1) is 6.68. The van der Waals surface area contributed by atoms with Gasteiger partial charge in [-0.3, -0.25) is 5.41 Å². The maximum Gasteiger partial charge on any atom is 0.0997 e. The van der Waals surface area contributed by atoms with Crippen LogP contribution in [0.2, 0.25) is 0 Å². The minimum absolute atomic E-state index is 0.170. The lowest BCUT2D eigenvalue weighted by Gasteiger charge is -2.03. The summed E-state index contributed by atoms with van der Waals surface area (Å²) in [5.41, 5.74) is 8.44. The lowest BCUT2D eigenvalue weighted by atomic mass is 10.2. The third-order valence-electron chi connectivity index (χ3n) is 2.22. The number of amidine groups is 1. The van der Waals surface area contributed by atoms with Crippen LogP contribution in [0.1, 0.15) is 11.4 Å². The van der Waals surface area contributed by atoms with Gasteiger partial charge in [-0.2, -0.15) is 0 Å². The van der Waals surface area contributed by atoms with Crippen molar-refractivity contribution in [3.8, 4) is 0 Å². The second-order valence-electron chi connectivity index (χ2n) is 3.30. The number of hydrogen-bond donors (Lipinski definition) is 2. The topological polar surface area (TPSA) is 67.2 Å². The number of fused-ring (bicyclic) bond motifs is 1. The van der Waals surface area contributed by atoms with E-state index in [-0.39, 0.29) is 5.84 Å². The molecule has 0 aliphatic rings. The highest BCUT2D eigenvalue weighted by molar-refractivity contribution is 5.79. The molecule has 0 spiro atoms. The van der Waals surface area contributed by atoms with Gasteiger partial charge in [0.2, 0.25) is 0 Å². The van der Waals surface area contributed by atoms with E-state index in [1.165, 1.54) is 0 Å². The van der Waals surface area contributed by atoms with Gasteiger partial charge >= 0.3 is 0 Å². The van der Waals surface area contributed by atoms with E-state index >= 15 is 0 Å². The summed E-state index contributed by atoms with van der Waals surface area (Å²) in [5.74, 6) is 0.170. The van der Waals surface area contributed by atoms with E-state index < -0.39 is 0 Å². The number of aryl methyl sites for hydroxylation is 1. The number of pyridine rings is 1. The van der Waals surface area contributed by atoms with Gasteiger partial charge in [0, 0.05) is 12.1 Å². The Morgan fingerprint density at radius 1 is 1.57 bits per heavy atom. The summed E-state index contributed by atoms with van der Waals surface area (Å²) in [5, 5.41) is 7.26. The highest BCUT2D eigenvalue weighted by Crippen LogP contribution is 2.11. The highest BCUT2D eigenvalue weighted by Gasteiger charge is 2.03. The van der Waals surface area contributed by atoms with Gasteiger partial charge < -0.3 is 10.1 Å². The molecule has 3 N–H and O–H groups in total. The molecular formula is C10H12N4. The van der Waals surface area contributed by atoms with Crippen LogP contribution in [0.15, 0.2) is 24.5 Å². The van der Waals surface area contributed by atoms with Crippen LogP contribution < -0.4 is 5.73 Å². The molecule has 2 heterocycles. The van der Waals surface area contributed by atoms with Gasteiger partial charge in [-0.1, -0.05) is 6.07 Å². The van der Waals surface area contributed by atoms with Crippen molar-refractivity contribution in [1.82, 2.24) is 9.38 Å². The first-order valence-electron chi connectivity index (χ1n) is 4.43. The Labute approximate surface area is 81.9 Å². The number of nitrogens with zero attached hydrogens (tertiary/aromatic N) is 2. The van der Waals surface area contributed by atoms with Gasteiger partial charge in [-0.15, -0.1) is 0 Å². The predicted octanol–water partition coefficient (Wildman–Crippen LogP) is 1.12. The van der Waals surface area contributed by atoms with Crippen LogP contribution in [0.5, 0.6) is 0 Å². The van der Waals surface area contributed by atoms with Crippen LogP contribution in [0, 0.1) is 12.3 Å². The Morgan fingerprint density at radius 2 is 2.36 bits per heavy atom. The summed E-state index contributed by atoms with van der Waals surface area (Å²) in [6.45, 7) is 1.97. The van der Waals surface area contributed by atoms with Crippen LogP contribution in [0.4, 0.5) is 0 Å². The maximum absolute atomic E-state index is 7.26. The molecule has 0 amide bonds. The third-order valence-corrected chi connectivity index (χ3v) is 2.22. The Balaban J connectivity index is 2.59. The largest absolute Gasteiger partial charge is 0.387 e. The van der Waals surface area contributed by atoms with Crippen LogP contribution >= 0.6 is 0 Å². The van der Waals surface area contributed by atoms with Crippen molar-refractivity contribution in [1.29, 1.82) is 5.41 Å². The zero-order valence-corrected chi connectivity index (χ0v) is 7.99. The Morgan fingerprint density at radius 3 is 3.07 bits per heavy atom. The molecule has 0 atom stereocenters. The van der Waals surface area contributed by atoms with Gasteiger partial charge in [-0.05, 0) is 19.1 Å². The average molecular weight is 188 g/mol. The van der Waals surface area contributed by atoms with Gasteiger partial charge in [0.25, 0.3) is 0 Å². The van der Waals surface area contributed by atoms with Gasteiger partial charge in [0.05, 0.1) is 23.4 Å². The Kier molecular flexibility index (Phi) is 1.96. The number of rotatable bonds is 2. The number of hydrogen-bond acceptors (Lipinski definition) is 2. The standard InChI is InChI=1S/C10H12N4/c1-7-9-4-2-3-8(5-10(11)12)14(9)6-13-7/h2-4,6H,5H2,1H3,(H3,11,12). The fraction of sp³-hybridized carbons (Fsp3) is 0.200. The van der Waals surface area contributed by atoms with Crippen molar-refractivity contribution in [2.24, 2.45) is 5.73 Å². The van der Waals surface area contributed by atoms with Crippen molar-refractivity contribution in [2.75, 3.05) is 0 Å². The average Bonchev–Trinajstić information content (AvgIpc) is 2.49. The van der Waals surface area contributed by atoms with Crippen molar-refractivity contribution < 1.29 is 0 Å². The lowest BCUT2D eigenvalue weighted by molar-refractivity contribution is 1.03. The molecule has 4 nitrogen and oxygen atoms in total. The van der Waals surface area contributed by atoms with Crippen molar-refractivity contribution in [3.63, 3.8) is 0 Å². The summed E-state index contributed by atoms with van der Waals surface area (Å²) in [7, 11) is 0. The van der Waals surface area contributed by atoms with E-state index in [0.717, 1.165) is 16.9 Å². The molecule has 0 saturated heterocycles. The highest BCUT2D eigenvalue weighted by atomic mass is 15.0. The molecule has 0 aliphatic heterocycles. The molecule has 0 aromatic carbocycles. The fourth-order valence-corrected chi connectivity index (χ4v) is 1.55. The molecule has 2 aromatic rings. The summed E-state index contributed by atoms with van der Waals surface area (Å²) >= 11 is 0. The molecule has 14 heavy (non-hydrogen) atoms. The van der Waals surface area contributed by atoms with E-state index in [4.69, 9.17) is 11.1 Å². The molecule has 0 radical (unpaired) electrons. The number of aromatic nitrogens is 2. The van der Waals surface area contributed by atoms with E-state index in [1.54, 1.807) is 6.33 Å². The SMILES string of the molecule is Cc1ncn2c(CC(=N)N)cccc12. The summed E-state index contributed by atoms with van der Waals surface area (Å²) in [6, 6.07) is 5.92. The van der Waals surface area contributed by atoms with E-state index in [0.29, 0.717) is 6.42 Å². The Bertz CT molecular complexity index is 484. The molecule has 2 aromatic heterocycles. The third kappa shape index (κ3) is 1.35. The summed E-state index contributed by atoms with van der Waals surface area (Å²) in [4.78, 5) is 4.22. The first kappa shape index (κ1) is 8.74. The Hall–Kier alpha value is -1.84. The zero-order valence-electron chi connectivity index (χ0n) is 7.99. The molecule has 2 rings (SSSR count). The van der Waals surface area contributed by atoms with E-state index in [1.807, 2.05) is 29.5 Å². The van der Waals surface area contributed by atoms with Gasteiger partial charge in [-0.25, -0.2) is 4.98 Å². The first-order valence-corrected chi connectivity index (χ1v) is 4.43. The van der Waals surface area contributed by atoms with Crippen LogP contribution in [-0.4, -0.2) is 15.2 Å². The quantitative estimate of drug-likeness (QED) is 0.547. The predicted molar refractivity (Wildman–Crippen MR) is 55.5 cm³/mol. The molecule has 0 aliphatic carbocycles. The number of nitrogens with one attached hydrogen (secondary N) is 1. The van der Waals surface area contributed by atoms with Crippen LogP contribution in [0.25, 0.3) is 5.52 Å². The summed E-state index contributed by atoms with van der Waals surface area (Å²) < 4.78 is 1.97. The molecule has 0 unspecified atom stereocenters. The lowest BCUT2D eigenvalue weighted by Crippen LogP contribution is -2.14. The smallest absolute Gasteiger partial charge is 0.0997 e. The summed E-state index contributed by atoms with van der Waals surface area (Å²) in [6.07, 6.45) is 2.23. The molecular weight excluding hydrogens is 176 g/mol. The van der Waals surface area contributed by atoms with Crippen LogP contribution in [0.3, 0.4) is 0 Å². The fourth-order valence-electron chi connectivity index (χ4n) is 1.55. The molecule has 72 valence electrons. The number of nitrogens with two attached hydrogens (primary N) is 1. The second-order valence-corrected chi connectivity index (χ2v) is 3.30. The van der Waals surface area contributed by atoms with Crippen LogP contribution in [-0.2, 0) is 6.42 Å². The minimum Gasteiger partial charge on any atom is -0.387 e. The maximum atomic E-state index is 7.26. The second kappa shape index (κ2) is 3.14. The molecule has 0 bridgehead atoms. The molecule has 4 heteroatoms. The van der Waals surface area contributed by atoms with E-state index in [2.05, 4.69) is 4.98 Å². The van der Waals surface area contributed by atoms with Crippen molar-refractivity contribution in [3.05, 3.63) is 35.9 Å². The molecule has 0 saturated carbocycles. The number of imidazole rings is 1.